The smallest absolute Gasteiger partial charge is 0.0170 e. The van der Waals surface area contributed by atoms with E-state index in [9.17, 15) is 0 Å². The highest BCUT2D eigenvalue weighted by atomic mass is 79.9. The van der Waals surface area contributed by atoms with Crippen LogP contribution in [0, 0.1) is 11.8 Å². The topological polar surface area (TPSA) is 0 Å². The lowest BCUT2D eigenvalue weighted by atomic mass is 9.66. The van der Waals surface area contributed by atoms with E-state index in [0.29, 0.717) is 0 Å². The third-order valence-corrected chi connectivity index (χ3v) is 5.26. The number of rotatable bonds is 0. The molecule has 0 nitrogen and oxygen atoms in total. The van der Waals surface area contributed by atoms with Crippen LogP contribution in [0.4, 0.5) is 0 Å². The molecule has 3 aliphatic rings. The van der Waals surface area contributed by atoms with Crippen molar-refractivity contribution in [2.75, 3.05) is 0 Å². The molecule has 0 saturated heterocycles. The number of allylic oxidation sites excluding steroid dienone is 4. The van der Waals surface area contributed by atoms with Gasteiger partial charge in [-0.25, -0.2) is 0 Å². The van der Waals surface area contributed by atoms with Crippen molar-refractivity contribution in [1.82, 2.24) is 0 Å². The third kappa shape index (κ3) is 1.73. The summed E-state index contributed by atoms with van der Waals surface area (Å²) < 4.78 is 1.44. The van der Waals surface area contributed by atoms with Gasteiger partial charge in [0.1, 0.15) is 0 Å². The van der Waals surface area contributed by atoms with Gasteiger partial charge >= 0.3 is 0 Å². The molecule has 0 amide bonds. The van der Waals surface area contributed by atoms with E-state index in [1.54, 1.807) is 11.1 Å². The van der Waals surface area contributed by atoms with E-state index < -0.39 is 0 Å². The van der Waals surface area contributed by atoms with Gasteiger partial charge in [-0.1, -0.05) is 40.4 Å². The van der Waals surface area contributed by atoms with Gasteiger partial charge in [-0.3, -0.25) is 0 Å². The quantitative estimate of drug-likeness (QED) is 0.582. The molecule has 0 aromatic carbocycles. The van der Waals surface area contributed by atoms with Crippen LogP contribution >= 0.6 is 15.9 Å². The Morgan fingerprint density at radius 3 is 2.87 bits per heavy atom. The lowest BCUT2D eigenvalue weighted by Gasteiger charge is -2.40. The maximum atomic E-state index is 3.80. The Morgan fingerprint density at radius 2 is 1.93 bits per heavy atom. The largest absolute Gasteiger partial charge is 0.0697 e. The average Bonchev–Trinajstić information content (AvgIpc) is 2.29. The third-order valence-electron chi connectivity index (χ3n) is 4.50. The molecule has 1 heteroatoms. The van der Waals surface area contributed by atoms with Crippen LogP contribution < -0.4 is 0 Å². The second-order valence-corrected chi connectivity index (χ2v) is 6.15. The van der Waals surface area contributed by atoms with Gasteiger partial charge in [0.15, 0.2) is 0 Å². The molecule has 0 aliphatic heterocycles. The van der Waals surface area contributed by atoms with Crippen molar-refractivity contribution in [3.8, 4) is 0 Å². The maximum Gasteiger partial charge on any atom is 0.0170 e. The molecule has 3 rings (SSSR count). The van der Waals surface area contributed by atoms with Crippen molar-refractivity contribution in [2.45, 2.75) is 51.4 Å². The molecule has 82 valence electrons. The van der Waals surface area contributed by atoms with Crippen LogP contribution in [0.3, 0.4) is 0 Å². The summed E-state index contributed by atoms with van der Waals surface area (Å²) in [4.78, 5) is 0. The molecule has 0 N–H and O–H groups in total. The van der Waals surface area contributed by atoms with E-state index in [1.807, 2.05) is 0 Å². The highest BCUT2D eigenvalue weighted by Crippen LogP contribution is 2.49. The van der Waals surface area contributed by atoms with Crippen molar-refractivity contribution in [3.63, 3.8) is 0 Å². The summed E-state index contributed by atoms with van der Waals surface area (Å²) in [6.45, 7) is 0. The summed E-state index contributed by atoms with van der Waals surface area (Å²) in [7, 11) is 0. The van der Waals surface area contributed by atoms with E-state index >= 15 is 0 Å². The van der Waals surface area contributed by atoms with Crippen LogP contribution in [0.1, 0.15) is 51.4 Å². The van der Waals surface area contributed by atoms with Crippen LogP contribution in [-0.2, 0) is 0 Å². The van der Waals surface area contributed by atoms with Gasteiger partial charge in [-0.2, -0.15) is 0 Å². The molecular weight excluding hydrogens is 248 g/mol. The van der Waals surface area contributed by atoms with Crippen molar-refractivity contribution in [2.24, 2.45) is 11.8 Å². The van der Waals surface area contributed by atoms with E-state index in [0.717, 1.165) is 11.8 Å². The summed E-state index contributed by atoms with van der Waals surface area (Å²) in [6.07, 6.45) is 13.7. The Labute approximate surface area is 101 Å². The van der Waals surface area contributed by atoms with E-state index in [2.05, 4.69) is 22.0 Å². The first kappa shape index (κ1) is 10.1. The van der Waals surface area contributed by atoms with Gasteiger partial charge in [0.2, 0.25) is 0 Å². The highest BCUT2D eigenvalue weighted by Gasteiger charge is 2.34. The average molecular weight is 267 g/mol. The Morgan fingerprint density at radius 1 is 1.07 bits per heavy atom. The zero-order valence-electron chi connectivity index (χ0n) is 9.27. The van der Waals surface area contributed by atoms with Crippen LogP contribution in [-0.4, -0.2) is 0 Å². The minimum atomic E-state index is 0.911. The molecule has 3 aliphatic carbocycles. The first-order valence-electron chi connectivity index (χ1n) is 6.44. The zero-order chi connectivity index (χ0) is 10.3. The SMILES string of the molecule is BrC1=CCCC2=C1[C@H]1CCCC[C@H]1CC2. The lowest BCUT2D eigenvalue weighted by molar-refractivity contribution is 0.243. The predicted octanol–water partition coefficient (Wildman–Crippen LogP) is 4.96. The molecule has 0 radical (unpaired) electrons. The summed E-state index contributed by atoms with van der Waals surface area (Å²) in [5.74, 6) is 1.92. The zero-order valence-corrected chi connectivity index (χ0v) is 10.9. The second-order valence-electron chi connectivity index (χ2n) is 5.30. The Balaban J connectivity index is 1.95. The molecule has 0 bridgehead atoms. The van der Waals surface area contributed by atoms with Gasteiger partial charge in [0.05, 0.1) is 0 Å². The molecular formula is C14H19Br. The van der Waals surface area contributed by atoms with Gasteiger partial charge in [0.25, 0.3) is 0 Å². The normalized spacial score (nSPS) is 35.7. The molecule has 0 spiro atoms. The Bertz CT molecular complexity index is 324. The molecule has 15 heavy (non-hydrogen) atoms. The minimum absolute atomic E-state index is 0.911. The van der Waals surface area contributed by atoms with E-state index in [1.165, 1.54) is 55.8 Å². The molecule has 0 aromatic rings. The summed E-state index contributed by atoms with van der Waals surface area (Å²) in [5, 5.41) is 0. The van der Waals surface area contributed by atoms with Gasteiger partial charge in [0, 0.05) is 4.48 Å². The van der Waals surface area contributed by atoms with Gasteiger partial charge in [-0.05, 0) is 55.9 Å². The van der Waals surface area contributed by atoms with Crippen molar-refractivity contribution >= 4 is 15.9 Å². The van der Waals surface area contributed by atoms with Crippen molar-refractivity contribution < 1.29 is 0 Å². The molecule has 1 saturated carbocycles. The minimum Gasteiger partial charge on any atom is -0.0697 e. The van der Waals surface area contributed by atoms with Gasteiger partial charge in [-0.15, -0.1) is 0 Å². The Hall–Kier alpha value is -0.0400. The molecule has 0 heterocycles. The molecule has 1 fully saturated rings. The van der Waals surface area contributed by atoms with Crippen LogP contribution in [0.2, 0.25) is 0 Å². The lowest BCUT2D eigenvalue weighted by Crippen LogP contribution is -2.27. The van der Waals surface area contributed by atoms with E-state index in [-0.39, 0.29) is 0 Å². The maximum absolute atomic E-state index is 3.80. The highest BCUT2D eigenvalue weighted by molar-refractivity contribution is 9.12. The van der Waals surface area contributed by atoms with Crippen molar-refractivity contribution in [1.29, 1.82) is 0 Å². The van der Waals surface area contributed by atoms with E-state index in [4.69, 9.17) is 0 Å². The number of hydrogen-bond acceptors (Lipinski definition) is 0. The second kappa shape index (κ2) is 4.08. The summed E-state index contributed by atoms with van der Waals surface area (Å²) >= 11 is 3.80. The molecule has 2 atom stereocenters. The molecule has 0 aromatic heterocycles. The monoisotopic (exact) mass is 266 g/mol. The first-order valence-corrected chi connectivity index (χ1v) is 7.23. The predicted molar refractivity (Wildman–Crippen MR) is 68.0 cm³/mol. The van der Waals surface area contributed by atoms with Gasteiger partial charge < -0.3 is 0 Å². The molecule has 0 unspecified atom stereocenters. The van der Waals surface area contributed by atoms with Crippen LogP contribution in [0.25, 0.3) is 0 Å². The standard InChI is InChI=1S/C14H19Br/c15-13-7-3-5-11-9-8-10-4-1-2-6-12(10)14(11)13/h7,10,12H,1-6,8-9H2/t10-,12-/m0/s1. The fourth-order valence-electron chi connectivity index (χ4n) is 3.78. The first-order chi connectivity index (χ1) is 7.36. The summed E-state index contributed by atoms with van der Waals surface area (Å²) in [6, 6.07) is 0. The number of halogens is 1. The van der Waals surface area contributed by atoms with Crippen molar-refractivity contribution in [3.05, 3.63) is 21.7 Å². The van der Waals surface area contributed by atoms with Crippen LogP contribution in [0.15, 0.2) is 21.7 Å². The summed E-state index contributed by atoms with van der Waals surface area (Å²) in [5.41, 5.74) is 3.52. The fraction of sp³-hybridized carbons (Fsp3) is 0.714. The van der Waals surface area contributed by atoms with Crippen LogP contribution in [0.5, 0.6) is 0 Å². The number of hydrogen-bond donors (Lipinski definition) is 0. The fourth-order valence-corrected chi connectivity index (χ4v) is 4.58. The number of fused-ring (bicyclic) bond motifs is 2. The Kier molecular flexibility index (Phi) is 2.76.